The van der Waals surface area contributed by atoms with Crippen LogP contribution in [0.25, 0.3) is 0 Å². The van der Waals surface area contributed by atoms with E-state index in [1.807, 2.05) is 12.1 Å². The van der Waals surface area contributed by atoms with Crippen LogP contribution in [0.3, 0.4) is 0 Å². The lowest BCUT2D eigenvalue weighted by atomic mass is 10.2. The Labute approximate surface area is 102 Å². The van der Waals surface area contributed by atoms with Gasteiger partial charge in [0.1, 0.15) is 11.4 Å². The molecule has 17 heavy (non-hydrogen) atoms. The maximum atomic E-state index is 11.4. The fourth-order valence-corrected chi connectivity index (χ4v) is 1.17. The number of carbonyl (C=O) groups is 1. The number of ether oxygens (including phenoxy) is 2. The summed E-state index contributed by atoms with van der Waals surface area (Å²) in [6, 6.07) is 7.26. The van der Waals surface area contributed by atoms with E-state index in [1.54, 1.807) is 40.0 Å². The molecule has 0 aliphatic carbocycles. The number of methoxy groups -OCH3 is 1. The number of esters is 1. The molecule has 0 atom stereocenters. The summed E-state index contributed by atoms with van der Waals surface area (Å²) < 4.78 is 10.2. The summed E-state index contributed by atoms with van der Waals surface area (Å²) in [5.74, 6) is 5.28. The highest BCUT2D eigenvalue weighted by molar-refractivity contribution is 5.89. The van der Waals surface area contributed by atoms with Gasteiger partial charge in [0, 0.05) is 5.92 Å². The number of hydrogen-bond acceptors (Lipinski definition) is 3. The predicted molar refractivity (Wildman–Crippen MR) is 65.7 cm³/mol. The first kappa shape index (κ1) is 13.1. The highest BCUT2D eigenvalue weighted by Gasteiger charge is 2.14. The molecule has 90 valence electrons. The van der Waals surface area contributed by atoms with E-state index in [0.29, 0.717) is 11.3 Å². The van der Waals surface area contributed by atoms with E-state index in [4.69, 9.17) is 9.47 Å². The second kappa shape index (κ2) is 5.40. The van der Waals surface area contributed by atoms with Crippen LogP contribution in [0, 0.1) is 11.8 Å². The van der Waals surface area contributed by atoms with Crippen molar-refractivity contribution >= 4 is 5.97 Å². The lowest BCUT2D eigenvalue weighted by Crippen LogP contribution is -2.22. The van der Waals surface area contributed by atoms with Crippen molar-refractivity contribution in [3.05, 3.63) is 29.8 Å². The van der Waals surface area contributed by atoms with Gasteiger partial charge in [-0.25, -0.2) is 4.79 Å². The molecule has 1 rings (SSSR count). The first-order chi connectivity index (χ1) is 7.92. The van der Waals surface area contributed by atoms with Crippen LogP contribution in [0.4, 0.5) is 0 Å². The van der Waals surface area contributed by atoms with Crippen molar-refractivity contribution < 1.29 is 14.3 Å². The zero-order valence-electron chi connectivity index (χ0n) is 10.5. The molecule has 0 N–H and O–H groups in total. The molecule has 0 bridgehead atoms. The average molecular weight is 232 g/mol. The second-order valence-corrected chi connectivity index (χ2v) is 4.45. The maximum Gasteiger partial charge on any atom is 0.385 e. The number of para-hydroxylation sites is 1. The Morgan fingerprint density at radius 3 is 2.47 bits per heavy atom. The number of rotatable bonds is 1. The van der Waals surface area contributed by atoms with Gasteiger partial charge >= 0.3 is 5.97 Å². The summed E-state index contributed by atoms with van der Waals surface area (Å²) in [4.78, 5) is 11.4. The second-order valence-electron chi connectivity index (χ2n) is 4.45. The fourth-order valence-electron chi connectivity index (χ4n) is 1.17. The van der Waals surface area contributed by atoms with Gasteiger partial charge < -0.3 is 9.47 Å². The monoisotopic (exact) mass is 232 g/mol. The molecule has 1 aromatic carbocycles. The Morgan fingerprint density at radius 2 is 1.88 bits per heavy atom. The topological polar surface area (TPSA) is 35.5 Å². The van der Waals surface area contributed by atoms with Crippen LogP contribution in [0.15, 0.2) is 24.3 Å². The lowest BCUT2D eigenvalue weighted by Gasteiger charge is -2.16. The molecule has 1 aromatic rings. The van der Waals surface area contributed by atoms with Gasteiger partial charge in [-0.05, 0) is 32.9 Å². The van der Waals surface area contributed by atoms with Crippen LogP contribution >= 0.6 is 0 Å². The van der Waals surface area contributed by atoms with Gasteiger partial charge in [-0.1, -0.05) is 18.1 Å². The zero-order valence-corrected chi connectivity index (χ0v) is 10.5. The normalized spacial score (nSPS) is 10.1. The lowest BCUT2D eigenvalue weighted by molar-refractivity contribution is -0.147. The summed E-state index contributed by atoms with van der Waals surface area (Å²) in [6.45, 7) is 5.40. The molecule has 0 saturated carbocycles. The Morgan fingerprint density at radius 1 is 1.24 bits per heavy atom. The van der Waals surface area contributed by atoms with Gasteiger partial charge in [-0.15, -0.1) is 0 Å². The van der Waals surface area contributed by atoms with Gasteiger partial charge in [0.25, 0.3) is 0 Å². The van der Waals surface area contributed by atoms with Gasteiger partial charge in [-0.3, -0.25) is 0 Å². The molecule has 0 saturated heterocycles. The molecule has 3 heteroatoms. The Balaban J connectivity index is 2.81. The third-order valence-corrected chi connectivity index (χ3v) is 1.81. The van der Waals surface area contributed by atoms with E-state index < -0.39 is 11.6 Å². The number of carbonyl (C=O) groups excluding carboxylic acids is 1. The van der Waals surface area contributed by atoms with Crippen molar-refractivity contribution in [2.75, 3.05) is 7.11 Å². The van der Waals surface area contributed by atoms with Crippen LogP contribution in [0.5, 0.6) is 5.75 Å². The quantitative estimate of drug-likeness (QED) is 0.551. The van der Waals surface area contributed by atoms with Crippen molar-refractivity contribution in [2.45, 2.75) is 26.4 Å². The Hall–Kier alpha value is -1.95. The fraction of sp³-hybridized carbons (Fsp3) is 0.357. The summed E-state index contributed by atoms with van der Waals surface area (Å²) in [5.41, 5.74) is 0.146. The Kier molecular flexibility index (Phi) is 4.17. The molecule has 0 amide bonds. The Bertz CT molecular complexity index is 458. The van der Waals surface area contributed by atoms with Gasteiger partial charge in [0.2, 0.25) is 0 Å². The summed E-state index contributed by atoms with van der Waals surface area (Å²) in [7, 11) is 1.56. The minimum atomic E-state index is -0.539. The van der Waals surface area contributed by atoms with Crippen LogP contribution in [0.2, 0.25) is 0 Å². The van der Waals surface area contributed by atoms with Crippen molar-refractivity contribution in [1.82, 2.24) is 0 Å². The van der Waals surface area contributed by atoms with Crippen LogP contribution < -0.4 is 4.74 Å². The van der Waals surface area contributed by atoms with E-state index in [2.05, 4.69) is 11.8 Å². The number of benzene rings is 1. The van der Waals surface area contributed by atoms with Crippen LogP contribution in [-0.4, -0.2) is 18.7 Å². The molecular weight excluding hydrogens is 216 g/mol. The van der Waals surface area contributed by atoms with E-state index in [0.717, 1.165) is 0 Å². The smallest absolute Gasteiger partial charge is 0.385 e. The summed E-state index contributed by atoms with van der Waals surface area (Å²) in [5, 5.41) is 0. The van der Waals surface area contributed by atoms with E-state index >= 15 is 0 Å². The van der Waals surface area contributed by atoms with Crippen molar-refractivity contribution in [2.24, 2.45) is 0 Å². The first-order valence-corrected chi connectivity index (χ1v) is 5.30. The molecule has 0 heterocycles. The van der Waals surface area contributed by atoms with E-state index in [-0.39, 0.29) is 0 Å². The molecule has 0 fully saturated rings. The van der Waals surface area contributed by atoms with Crippen LogP contribution in [-0.2, 0) is 9.53 Å². The minimum Gasteiger partial charge on any atom is -0.495 e. The van der Waals surface area contributed by atoms with Gasteiger partial charge in [0.05, 0.1) is 12.7 Å². The SMILES string of the molecule is COc1ccccc1C#CC(=O)OC(C)(C)C. The summed E-state index contributed by atoms with van der Waals surface area (Å²) >= 11 is 0. The highest BCUT2D eigenvalue weighted by atomic mass is 16.6. The molecule has 0 unspecified atom stereocenters. The molecule has 3 nitrogen and oxygen atoms in total. The van der Waals surface area contributed by atoms with Crippen molar-refractivity contribution in [3.8, 4) is 17.6 Å². The van der Waals surface area contributed by atoms with Crippen LogP contribution in [0.1, 0.15) is 26.3 Å². The summed E-state index contributed by atoms with van der Waals surface area (Å²) in [6.07, 6.45) is 0. The van der Waals surface area contributed by atoms with Crippen molar-refractivity contribution in [1.29, 1.82) is 0 Å². The molecular formula is C14H16O3. The average Bonchev–Trinajstić information content (AvgIpc) is 2.24. The zero-order chi connectivity index (χ0) is 12.9. The third kappa shape index (κ3) is 4.60. The van der Waals surface area contributed by atoms with Gasteiger partial charge in [-0.2, -0.15) is 0 Å². The molecule has 0 aliphatic heterocycles. The van der Waals surface area contributed by atoms with E-state index in [1.165, 1.54) is 0 Å². The standard InChI is InChI=1S/C14H16O3/c1-14(2,3)17-13(15)10-9-11-7-5-6-8-12(11)16-4/h5-8H,1-4H3. The first-order valence-electron chi connectivity index (χ1n) is 5.30. The molecule has 0 radical (unpaired) electrons. The predicted octanol–water partition coefficient (Wildman–Crippen LogP) is 2.39. The maximum absolute atomic E-state index is 11.4. The van der Waals surface area contributed by atoms with E-state index in [9.17, 15) is 4.79 Å². The number of hydrogen-bond donors (Lipinski definition) is 0. The molecule has 0 spiro atoms. The molecule has 0 aromatic heterocycles. The highest BCUT2D eigenvalue weighted by Crippen LogP contribution is 2.15. The largest absolute Gasteiger partial charge is 0.495 e. The third-order valence-electron chi connectivity index (χ3n) is 1.81. The van der Waals surface area contributed by atoms with Gasteiger partial charge in [0.15, 0.2) is 0 Å². The molecule has 0 aliphatic rings. The van der Waals surface area contributed by atoms with Crippen molar-refractivity contribution in [3.63, 3.8) is 0 Å². The minimum absolute atomic E-state index is 0.521.